The quantitative estimate of drug-likeness (QED) is 0.391. The zero-order valence-corrected chi connectivity index (χ0v) is 10.7. The SMILES string of the molecule is Nc1nc2ccccc2[nH]1.Nc1nc2ccccc2[nH]1. The molecule has 6 heteroatoms. The molecule has 20 heavy (non-hydrogen) atoms. The average molecular weight is 266 g/mol. The number of aromatic amines is 2. The van der Waals surface area contributed by atoms with Crippen LogP contribution in [-0.2, 0) is 0 Å². The topological polar surface area (TPSA) is 109 Å². The lowest BCUT2D eigenvalue weighted by atomic mass is 10.3. The van der Waals surface area contributed by atoms with Gasteiger partial charge in [-0.15, -0.1) is 0 Å². The van der Waals surface area contributed by atoms with E-state index in [1.165, 1.54) is 0 Å². The van der Waals surface area contributed by atoms with E-state index in [4.69, 9.17) is 11.5 Å². The van der Waals surface area contributed by atoms with Crippen molar-refractivity contribution < 1.29 is 0 Å². The van der Waals surface area contributed by atoms with Gasteiger partial charge in [0.1, 0.15) is 0 Å². The van der Waals surface area contributed by atoms with Crippen molar-refractivity contribution in [3.63, 3.8) is 0 Å². The number of H-pyrrole nitrogens is 2. The van der Waals surface area contributed by atoms with E-state index >= 15 is 0 Å². The predicted octanol–water partition coefficient (Wildman–Crippen LogP) is 2.29. The zero-order valence-electron chi connectivity index (χ0n) is 10.7. The Balaban J connectivity index is 0.000000121. The summed E-state index contributed by atoms with van der Waals surface area (Å²) in [6.45, 7) is 0. The molecule has 0 spiro atoms. The smallest absolute Gasteiger partial charge is 0.198 e. The van der Waals surface area contributed by atoms with E-state index < -0.39 is 0 Å². The van der Waals surface area contributed by atoms with Gasteiger partial charge in [0.05, 0.1) is 22.1 Å². The van der Waals surface area contributed by atoms with Gasteiger partial charge in [0.2, 0.25) is 0 Å². The van der Waals surface area contributed by atoms with Crippen LogP contribution < -0.4 is 11.5 Å². The maximum Gasteiger partial charge on any atom is 0.198 e. The molecular weight excluding hydrogens is 252 g/mol. The number of rotatable bonds is 0. The van der Waals surface area contributed by atoms with Crippen LogP contribution in [0.3, 0.4) is 0 Å². The van der Waals surface area contributed by atoms with Gasteiger partial charge in [0.25, 0.3) is 0 Å². The van der Waals surface area contributed by atoms with E-state index in [1.54, 1.807) is 0 Å². The minimum absolute atomic E-state index is 0.473. The third-order valence-electron chi connectivity index (χ3n) is 2.82. The third-order valence-corrected chi connectivity index (χ3v) is 2.82. The lowest BCUT2D eigenvalue weighted by Gasteiger charge is -1.81. The molecule has 100 valence electrons. The second-order valence-corrected chi connectivity index (χ2v) is 4.28. The summed E-state index contributed by atoms with van der Waals surface area (Å²) >= 11 is 0. The number of para-hydroxylation sites is 4. The van der Waals surface area contributed by atoms with Crippen molar-refractivity contribution in [1.29, 1.82) is 0 Å². The molecule has 0 radical (unpaired) electrons. The number of nitrogen functional groups attached to an aromatic ring is 2. The number of aromatic nitrogens is 4. The largest absolute Gasteiger partial charge is 0.369 e. The molecule has 2 aromatic heterocycles. The summed E-state index contributed by atoms with van der Waals surface area (Å²) in [5, 5.41) is 0. The Hall–Kier alpha value is -3.02. The fourth-order valence-corrected chi connectivity index (χ4v) is 1.95. The van der Waals surface area contributed by atoms with Crippen molar-refractivity contribution in [3.05, 3.63) is 48.5 Å². The minimum Gasteiger partial charge on any atom is -0.369 e. The Labute approximate surface area is 114 Å². The lowest BCUT2D eigenvalue weighted by molar-refractivity contribution is 1.35. The van der Waals surface area contributed by atoms with Gasteiger partial charge in [-0.25, -0.2) is 9.97 Å². The summed E-state index contributed by atoms with van der Waals surface area (Å²) in [6.07, 6.45) is 0. The summed E-state index contributed by atoms with van der Waals surface area (Å²) in [5.74, 6) is 0.947. The Morgan fingerprint density at radius 2 is 1.05 bits per heavy atom. The summed E-state index contributed by atoms with van der Waals surface area (Å²) in [4.78, 5) is 13.9. The van der Waals surface area contributed by atoms with E-state index in [2.05, 4.69) is 19.9 Å². The molecule has 4 rings (SSSR count). The summed E-state index contributed by atoms with van der Waals surface area (Å²) in [7, 11) is 0. The molecular formula is C14H14N6. The van der Waals surface area contributed by atoms with E-state index in [-0.39, 0.29) is 0 Å². The molecule has 0 fully saturated rings. The fraction of sp³-hybridized carbons (Fsp3) is 0. The average Bonchev–Trinajstić information content (AvgIpc) is 2.99. The van der Waals surface area contributed by atoms with Crippen molar-refractivity contribution in [2.75, 3.05) is 11.5 Å². The molecule has 0 bridgehead atoms. The van der Waals surface area contributed by atoms with Crippen molar-refractivity contribution in [2.45, 2.75) is 0 Å². The highest BCUT2D eigenvalue weighted by atomic mass is 15.0. The number of hydrogen-bond acceptors (Lipinski definition) is 4. The van der Waals surface area contributed by atoms with Gasteiger partial charge < -0.3 is 21.4 Å². The Morgan fingerprint density at radius 3 is 1.45 bits per heavy atom. The summed E-state index contributed by atoms with van der Waals surface area (Å²) < 4.78 is 0. The van der Waals surface area contributed by atoms with Gasteiger partial charge in [-0.3, -0.25) is 0 Å². The number of fused-ring (bicyclic) bond motifs is 2. The minimum atomic E-state index is 0.473. The van der Waals surface area contributed by atoms with Gasteiger partial charge in [0, 0.05) is 0 Å². The highest BCUT2D eigenvalue weighted by Gasteiger charge is 1.95. The van der Waals surface area contributed by atoms with Crippen LogP contribution in [0.5, 0.6) is 0 Å². The van der Waals surface area contributed by atoms with Crippen LogP contribution in [0.4, 0.5) is 11.9 Å². The van der Waals surface area contributed by atoms with Crippen molar-refractivity contribution in [2.24, 2.45) is 0 Å². The van der Waals surface area contributed by atoms with Crippen LogP contribution in [0.25, 0.3) is 22.1 Å². The molecule has 0 amide bonds. The van der Waals surface area contributed by atoms with E-state index in [0.29, 0.717) is 11.9 Å². The molecule has 0 aliphatic rings. The molecule has 0 saturated heterocycles. The predicted molar refractivity (Wildman–Crippen MR) is 81.0 cm³/mol. The zero-order chi connectivity index (χ0) is 13.9. The van der Waals surface area contributed by atoms with Crippen LogP contribution in [0.2, 0.25) is 0 Å². The highest BCUT2D eigenvalue weighted by Crippen LogP contribution is 2.10. The summed E-state index contributed by atoms with van der Waals surface area (Å²) in [5.41, 5.74) is 14.7. The first-order valence-electron chi connectivity index (χ1n) is 6.13. The molecule has 0 saturated carbocycles. The van der Waals surface area contributed by atoms with E-state index in [0.717, 1.165) is 22.1 Å². The number of anilines is 2. The lowest BCUT2D eigenvalue weighted by Crippen LogP contribution is -1.84. The maximum absolute atomic E-state index is 5.42. The van der Waals surface area contributed by atoms with Crippen LogP contribution in [-0.4, -0.2) is 19.9 Å². The first kappa shape index (κ1) is 12.0. The Bertz CT molecular complexity index is 707. The number of benzene rings is 2. The number of imidazole rings is 2. The molecule has 6 N–H and O–H groups in total. The molecule has 0 atom stereocenters. The van der Waals surface area contributed by atoms with Gasteiger partial charge in [-0.1, -0.05) is 24.3 Å². The number of nitrogens with two attached hydrogens (primary N) is 2. The molecule has 0 aliphatic heterocycles. The summed E-state index contributed by atoms with van der Waals surface area (Å²) in [6, 6.07) is 15.5. The van der Waals surface area contributed by atoms with Crippen molar-refractivity contribution >= 4 is 34.0 Å². The second kappa shape index (κ2) is 4.93. The molecule has 0 unspecified atom stereocenters. The monoisotopic (exact) mass is 266 g/mol. The van der Waals surface area contributed by atoms with Crippen LogP contribution >= 0.6 is 0 Å². The first-order valence-corrected chi connectivity index (χ1v) is 6.13. The third kappa shape index (κ3) is 2.39. The number of nitrogens with one attached hydrogen (secondary N) is 2. The molecule has 6 nitrogen and oxygen atoms in total. The van der Waals surface area contributed by atoms with Crippen LogP contribution in [0, 0.1) is 0 Å². The molecule has 4 aromatic rings. The second-order valence-electron chi connectivity index (χ2n) is 4.28. The fourth-order valence-electron chi connectivity index (χ4n) is 1.95. The normalized spacial score (nSPS) is 10.4. The Morgan fingerprint density at radius 1 is 0.650 bits per heavy atom. The van der Waals surface area contributed by atoms with E-state index in [9.17, 15) is 0 Å². The molecule has 0 aliphatic carbocycles. The van der Waals surface area contributed by atoms with Crippen LogP contribution in [0.1, 0.15) is 0 Å². The molecule has 2 heterocycles. The van der Waals surface area contributed by atoms with Crippen molar-refractivity contribution in [1.82, 2.24) is 19.9 Å². The first-order chi connectivity index (χ1) is 9.72. The van der Waals surface area contributed by atoms with Gasteiger partial charge in [0.15, 0.2) is 11.9 Å². The molecule has 2 aromatic carbocycles. The van der Waals surface area contributed by atoms with E-state index in [1.807, 2.05) is 48.5 Å². The standard InChI is InChI=1S/2C7H7N3/c2*8-7-9-5-3-1-2-4-6(5)10-7/h2*1-4H,(H3,8,9,10). The number of nitrogens with zero attached hydrogens (tertiary/aromatic N) is 2. The van der Waals surface area contributed by atoms with Gasteiger partial charge >= 0.3 is 0 Å². The van der Waals surface area contributed by atoms with Crippen LogP contribution in [0.15, 0.2) is 48.5 Å². The maximum atomic E-state index is 5.42. The highest BCUT2D eigenvalue weighted by molar-refractivity contribution is 5.77. The number of hydrogen-bond donors (Lipinski definition) is 4. The van der Waals surface area contributed by atoms with Crippen molar-refractivity contribution in [3.8, 4) is 0 Å². The van der Waals surface area contributed by atoms with Gasteiger partial charge in [-0.05, 0) is 24.3 Å². The van der Waals surface area contributed by atoms with Gasteiger partial charge in [-0.2, -0.15) is 0 Å². The Kier molecular flexibility index (Phi) is 2.96.